The molecule has 1 saturated heterocycles. The Morgan fingerprint density at radius 2 is 2.39 bits per heavy atom. The number of carbonyl (C=O) groups excluding carboxylic acids is 1. The molecule has 1 aromatic rings. The second-order valence-electron chi connectivity index (χ2n) is 4.17. The number of benzene rings is 1. The van der Waals surface area contributed by atoms with Gasteiger partial charge in [0.05, 0.1) is 18.2 Å². The summed E-state index contributed by atoms with van der Waals surface area (Å²) < 4.78 is 5.06. The first-order chi connectivity index (χ1) is 8.76. The lowest BCUT2D eigenvalue weighted by atomic mass is 10.1. The van der Waals surface area contributed by atoms with Gasteiger partial charge in [-0.1, -0.05) is 6.07 Å². The Labute approximate surface area is 106 Å². The minimum absolute atomic E-state index is 0.0465. The lowest BCUT2D eigenvalue weighted by Gasteiger charge is -2.34. The summed E-state index contributed by atoms with van der Waals surface area (Å²) in [4.78, 5) is 13.5. The van der Waals surface area contributed by atoms with Gasteiger partial charge in [-0.2, -0.15) is 5.26 Å². The maximum absolute atomic E-state index is 11.9. The quantitative estimate of drug-likeness (QED) is 0.877. The number of hydrogen-bond donors (Lipinski definition) is 1. The molecule has 2 N–H and O–H groups in total. The van der Waals surface area contributed by atoms with Crippen LogP contribution in [0.5, 0.6) is 0 Å². The molecule has 1 aliphatic heterocycles. The molecule has 1 heterocycles. The summed E-state index contributed by atoms with van der Waals surface area (Å²) in [6.07, 6.45) is 1.13. The van der Waals surface area contributed by atoms with Crippen LogP contribution in [0, 0.1) is 11.3 Å². The van der Waals surface area contributed by atoms with Crippen LogP contribution >= 0.6 is 0 Å². The third-order valence-corrected chi connectivity index (χ3v) is 2.99. The number of carbonyl (C=O) groups is 1. The highest BCUT2D eigenvalue weighted by Gasteiger charge is 2.30. The summed E-state index contributed by atoms with van der Waals surface area (Å²) >= 11 is 0. The van der Waals surface area contributed by atoms with E-state index in [4.69, 9.17) is 15.7 Å². The molecule has 0 aromatic heterocycles. The van der Waals surface area contributed by atoms with Crippen molar-refractivity contribution in [2.45, 2.75) is 18.9 Å². The minimum Gasteiger partial charge on any atom is -0.449 e. The fraction of sp³-hybridized carbons (Fsp3) is 0.385. The Bertz CT molecular complexity index is 479. The zero-order chi connectivity index (χ0) is 13.0. The highest BCUT2D eigenvalue weighted by atomic mass is 16.6. The molecule has 18 heavy (non-hydrogen) atoms. The average Bonchev–Trinajstić information content (AvgIpc) is 2.39. The van der Waals surface area contributed by atoms with Gasteiger partial charge in [-0.05, 0) is 31.2 Å². The molecule has 5 nitrogen and oxygen atoms in total. The van der Waals surface area contributed by atoms with Crippen molar-refractivity contribution in [3.8, 4) is 6.07 Å². The number of rotatable bonds is 3. The van der Waals surface area contributed by atoms with Gasteiger partial charge in [0, 0.05) is 18.2 Å². The Balaban J connectivity index is 2.31. The number of anilines is 1. The van der Waals surface area contributed by atoms with Crippen LogP contribution in [-0.2, 0) is 4.74 Å². The SMILES string of the molecule is N#Cc1cccc(N2C(=O)OCCC2CCN)c1. The van der Waals surface area contributed by atoms with Crippen molar-refractivity contribution in [2.24, 2.45) is 5.73 Å². The molecule has 0 radical (unpaired) electrons. The lowest BCUT2D eigenvalue weighted by molar-refractivity contribution is 0.128. The van der Waals surface area contributed by atoms with Crippen molar-refractivity contribution in [3.05, 3.63) is 29.8 Å². The van der Waals surface area contributed by atoms with E-state index in [2.05, 4.69) is 6.07 Å². The first kappa shape index (κ1) is 12.4. The fourth-order valence-corrected chi connectivity index (χ4v) is 2.14. The van der Waals surface area contributed by atoms with Gasteiger partial charge in [-0.3, -0.25) is 4.90 Å². The van der Waals surface area contributed by atoms with Gasteiger partial charge in [-0.25, -0.2) is 4.79 Å². The van der Waals surface area contributed by atoms with Gasteiger partial charge in [0.25, 0.3) is 0 Å². The van der Waals surface area contributed by atoms with E-state index >= 15 is 0 Å². The number of ether oxygens (including phenoxy) is 1. The molecule has 0 bridgehead atoms. The molecule has 1 aliphatic rings. The van der Waals surface area contributed by atoms with Crippen LogP contribution in [0.3, 0.4) is 0 Å². The molecule has 0 saturated carbocycles. The van der Waals surface area contributed by atoms with E-state index in [1.54, 1.807) is 29.2 Å². The Hall–Kier alpha value is -2.06. The summed E-state index contributed by atoms with van der Waals surface area (Å²) in [5, 5.41) is 8.89. The first-order valence-electron chi connectivity index (χ1n) is 5.92. The first-order valence-corrected chi connectivity index (χ1v) is 5.92. The molecular formula is C13H15N3O2. The molecule has 1 fully saturated rings. The standard InChI is InChI=1S/C13H15N3O2/c14-6-4-11-5-7-18-13(17)16(11)12-3-1-2-10(8-12)9-15/h1-3,8,11H,4-7,14H2. The summed E-state index contributed by atoms with van der Waals surface area (Å²) in [5.41, 5.74) is 6.79. The van der Waals surface area contributed by atoms with Crippen molar-refractivity contribution in [1.82, 2.24) is 0 Å². The van der Waals surface area contributed by atoms with Crippen LogP contribution in [0.25, 0.3) is 0 Å². The fourth-order valence-electron chi connectivity index (χ4n) is 2.14. The van der Waals surface area contributed by atoms with Gasteiger partial charge in [-0.15, -0.1) is 0 Å². The molecule has 1 aromatic carbocycles. The second kappa shape index (κ2) is 5.52. The van der Waals surface area contributed by atoms with Crippen molar-refractivity contribution in [1.29, 1.82) is 5.26 Å². The molecule has 0 aliphatic carbocycles. The predicted molar refractivity (Wildman–Crippen MR) is 67.1 cm³/mol. The van der Waals surface area contributed by atoms with Gasteiger partial charge in [0.1, 0.15) is 0 Å². The average molecular weight is 245 g/mol. The number of amides is 1. The highest BCUT2D eigenvalue weighted by Crippen LogP contribution is 2.25. The minimum atomic E-state index is -0.366. The summed E-state index contributed by atoms with van der Waals surface area (Å²) in [7, 11) is 0. The smallest absolute Gasteiger partial charge is 0.414 e. The van der Waals surface area contributed by atoms with E-state index in [0.29, 0.717) is 24.4 Å². The second-order valence-corrected chi connectivity index (χ2v) is 4.17. The van der Waals surface area contributed by atoms with Crippen molar-refractivity contribution >= 4 is 11.8 Å². The maximum atomic E-state index is 11.9. The number of nitrogens with zero attached hydrogens (tertiary/aromatic N) is 2. The van der Waals surface area contributed by atoms with Gasteiger partial charge >= 0.3 is 6.09 Å². The zero-order valence-corrected chi connectivity index (χ0v) is 10.0. The predicted octanol–water partition coefficient (Wildman–Crippen LogP) is 1.62. The molecule has 1 unspecified atom stereocenters. The van der Waals surface area contributed by atoms with E-state index in [1.807, 2.05) is 0 Å². The third-order valence-electron chi connectivity index (χ3n) is 2.99. The van der Waals surface area contributed by atoms with E-state index in [1.165, 1.54) is 0 Å². The zero-order valence-electron chi connectivity index (χ0n) is 10.0. The summed E-state index contributed by atoms with van der Waals surface area (Å²) in [6, 6.07) is 9.07. The number of hydrogen-bond acceptors (Lipinski definition) is 4. The Morgan fingerprint density at radius 3 is 3.11 bits per heavy atom. The van der Waals surface area contributed by atoms with Gasteiger partial charge in [0.2, 0.25) is 0 Å². The number of nitriles is 1. The summed E-state index contributed by atoms with van der Waals surface area (Å²) in [5.74, 6) is 0. The Kier molecular flexibility index (Phi) is 3.80. The van der Waals surface area contributed by atoms with E-state index in [-0.39, 0.29) is 12.1 Å². The van der Waals surface area contributed by atoms with Crippen LogP contribution < -0.4 is 10.6 Å². The normalized spacial score (nSPS) is 19.2. The molecule has 1 atom stereocenters. The van der Waals surface area contributed by atoms with Gasteiger partial charge < -0.3 is 10.5 Å². The van der Waals surface area contributed by atoms with Crippen LogP contribution in [-0.4, -0.2) is 25.3 Å². The molecular weight excluding hydrogens is 230 g/mol. The van der Waals surface area contributed by atoms with Crippen molar-refractivity contribution < 1.29 is 9.53 Å². The topological polar surface area (TPSA) is 79.3 Å². The van der Waals surface area contributed by atoms with Crippen LogP contribution in [0.15, 0.2) is 24.3 Å². The highest BCUT2D eigenvalue weighted by molar-refractivity contribution is 5.89. The monoisotopic (exact) mass is 245 g/mol. The molecule has 5 heteroatoms. The molecule has 2 rings (SSSR count). The summed E-state index contributed by atoms with van der Waals surface area (Å²) in [6.45, 7) is 0.949. The molecule has 1 amide bonds. The maximum Gasteiger partial charge on any atom is 0.414 e. The number of nitrogens with two attached hydrogens (primary N) is 1. The lowest BCUT2D eigenvalue weighted by Crippen LogP contribution is -2.46. The van der Waals surface area contributed by atoms with E-state index in [0.717, 1.165) is 12.8 Å². The van der Waals surface area contributed by atoms with Gasteiger partial charge in [0.15, 0.2) is 0 Å². The van der Waals surface area contributed by atoms with Crippen LogP contribution in [0.1, 0.15) is 18.4 Å². The van der Waals surface area contributed by atoms with Crippen LogP contribution in [0.2, 0.25) is 0 Å². The Morgan fingerprint density at radius 1 is 1.56 bits per heavy atom. The largest absolute Gasteiger partial charge is 0.449 e. The van der Waals surface area contributed by atoms with Crippen LogP contribution in [0.4, 0.5) is 10.5 Å². The van der Waals surface area contributed by atoms with E-state index < -0.39 is 0 Å². The number of cyclic esters (lactones) is 1. The molecule has 94 valence electrons. The molecule has 0 spiro atoms. The third kappa shape index (κ3) is 2.44. The van der Waals surface area contributed by atoms with E-state index in [9.17, 15) is 4.79 Å². The van der Waals surface area contributed by atoms with Crippen molar-refractivity contribution in [3.63, 3.8) is 0 Å². The van der Waals surface area contributed by atoms with Crippen molar-refractivity contribution in [2.75, 3.05) is 18.1 Å².